The lowest BCUT2D eigenvalue weighted by Crippen LogP contribution is -2.40. The smallest absolute Gasteiger partial charge is 0.406 e. The van der Waals surface area contributed by atoms with E-state index in [2.05, 4.69) is 10.1 Å². The number of ether oxygens (including phenoxy) is 1. The van der Waals surface area contributed by atoms with Crippen LogP contribution in [0.15, 0.2) is 24.3 Å². The van der Waals surface area contributed by atoms with Crippen molar-refractivity contribution in [1.29, 1.82) is 0 Å². The van der Waals surface area contributed by atoms with Gasteiger partial charge in [0.05, 0.1) is 0 Å². The maximum absolute atomic E-state index is 12.2. The molecule has 0 spiro atoms. The van der Waals surface area contributed by atoms with E-state index < -0.39 is 6.36 Å². The molecule has 1 saturated heterocycles. The number of nitrogens with one attached hydrogen (secondary N) is 1. The molecule has 25 heavy (non-hydrogen) atoms. The minimum Gasteiger partial charge on any atom is -0.406 e. The van der Waals surface area contributed by atoms with E-state index in [-0.39, 0.29) is 24.1 Å². The Morgan fingerprint density at radius 2 is 1.84 bits per heavy atom. The van der Waals surface area contributed by atoms with Gasteiger partial charge in [-0.25, -0.2) is 0 Å². The standard InChI is InChI=1S/C17H23F3N2O2.ClH/c1-21-12-14-8-10-22(11-9-14)16(23)7-4-13-2-5-15(6-3-13)24-17(18,19)20;/h2-3,5-6,14,21H,4,7-12H2,1H3;1H. The summed E-state index contributed by atoms with van der Waals surface area (Å²) < 4.78 is 40.1. The van der Waals surface area contributed by atoms with E-state index in [4.69, 9.17) is 0 Å². The largest absolute Gasteiger partial charge is 0.573 e. The van der Waals surface area contributed by atoms with Crippen molar-refractivity contribution in [2.45, 2.75) is 32.0 Å². The third-order valence-corrected chi connectivity index (χ3v) is 4.24. The molecule has 0 radical (unpaired) electrons. The minimum absolute atomic E-state index is 0. The number of piperidine rings is 1. The molecule has 1 aromatic carbocycles. The Morgan fingerprint density at radius 3 is 2.36 bits per heavy atom. The molecule has 8 heteroatoms. The van der Waals surface area contributed by atoms with Gasteiger partial charge in [-0.1, -0.05) is 12.1 Å². The van der Waals surface area contributed by atoms with Gasteiger partial charge in [-0.05, 0) is 56.5 Å². The number of hydrogen-bond acceptors (Lipinski definition) is 3. The second-order valence-corrected chi connectivity index (χ2v) is 6.07. The van der Waals surface area contributed by atoms with Gasteiger partial charge >= 0.3 is 6.36 Å². The van der Waals surface area contributed by atoms with Gasteiger partial charge < -0.3 is 15.0 Å². The molecule has 0 atom stereocenters. The highest BCUT2D eigenvalue weighted by Crippen LogP contribution is 2.23. The highest BCUT2D eigenvalue weighted by molar-refractivity contribution is 5.85. The maximum atomic E-state index is 12.2. The number of alkyl halides is 3. The Bertz CT molecular complexity index is 530. The highest BCUT2D eigenvalue weighted by Gasteiger charge is 2.31. The number of likely N-dealkylation sites (tertiary alicyclic amines) is 1. The molecular weight excluding hydrogens is 357 g/mol. The summed E-state index contributed by atoms with van der Waals surface area (Å²) in [7, 11) is 1.93. The lowest BCUT2D eigenvalue weighted by molar-refractivity contribution is -0.274. The molecule has 1 N–H and O–H groups in total. The zero-order valence-electron chi connectivity index (χ0n) is 14.1. The Labute approximate surface area is 152 Å². The zero-order valence-corrected chi connectivity index (χ0v) is 15.0. The molecule has 1 fully saturated rings. The van der Waals surface area contributed by atoms with Crippen LogP contribution in [-0.4, -0.2) is 43.9 Å². The normalized spacial score (nSPS) is 15.6. The van der Waals surface area contributed by atoms with Crippen molar-refractivity contribution in [3.8, 4) is 5.75 Å². The van der Waals surface area contributed by atoms with Crippen LogP contribution in [0, 0.1) is 5.92 Å². The molecule has 4 nitrogen and oxygen atoms in total. The Morgan fingerprint density at radius 1 is 1.24 bits per heavy atom. The first-order valence-corrected chi connectivity index (χ1v) is 8.14. The average Bonchev–Trinajstić information content (AvgIpc) is 2.53. The number of amides is 1. The monoisotopic (exact) mass is 380 g/mol. The Balaban J connectivity index is 0.00000312. The molecule has 0 saturated carbocycles. The molecule has 0 aliphatic carbocycles. The topological polar surface area (TPSA) is 41.6 Å². The van der Waals surface area contributed by atoms with Crippen molar-refractivity contribution in [3.63, 3.8) is 0 Å². The SMILES string of the molecule is CNCC1CCN(C(=O)CCc2ccc(OC(F)(F)F)cc2)CC1.Cl. The summed E-state index contributed by atoms with van der Waals surface area (Å²) in [5.41, 5.74) is 0.822. The molecular formula is C17H24ClF3N2O2. The maximum Gasteiger partial charge on any atom is 0.573 e. The van der Waals surface area contributed by atoms with E-state index in [0.717, 1.165) is 38.0 Å². The van der Waals surface area contributed by atoms with E-state index in [1.807, 2.05) is 11.9 Å². The van der Waals surface area contributed by atoms with Crippen LogP contribution < -0.4 is 10.1 Å². The van der Waals surface area contributed by atoms with Crippen LogP contribution in [0.4, 0.5) is 13.2 Å². The highest BCUT2D eigenvalue weighted by atomic mass is 35.5. The number of carbonyl (C=O) groups is 1. The molecule has 2 rings (SSSR count). The van der Waals surface area contributed by atoms with Gasteiger partial charge in [-0.2, -0.15) is 0 Å². The molecule has 1 amide bonds. The second-order valence-electron chi connectivity index (χ2n) is 6.07. The van der Waals surface area contributed by atoms with E-state index in [1.165, 1.54) is 12.1 Å². The van der Waals surface area contributed by atoms with Crippen molar-refractivity contribution in [2.75, 3.05) is 26.7 Å². The first-order valence-electron chi connectivity index (χ1n) is 8.14. The Hall–Kier alpha value is -1.47. The fraction of sp³-hybridized carbons (Fsp3) is 0.588. The predicted octanol–water partition coefficient (Wildman–Crippen LogP) is 3.40. The van der Waals surface area contributed by atoms with Gasteiger partial charge in [-0.15, -0.1) is 25.6 Å². The lowest BCUT2D eigenvalue weighted by Gasteiger charge is -2.32. The number of aryl methyl sites for hydroxylation is 1. The number of carbonyl (C=O) groups excluding carboxylic acids is 1. The van der Waals surface area contributed by atoms with Crippen LogP contribution in [0.5, 0.6) is 5.75 Å². The Kier molecular flexibility index (Phi) is 8.52. The second kappa shape index (κ2) is 9.87. The summed E-state index contributed by atoms with van der Waals surface area (Å²) in [6.07, 6.45) is -1.78. The first kappa shape index (κ1) is 21.6. The number of halogens is 4. The minimum atomic E-state index is -4.68. The van der Waals surface area contributed by atoms with Crippen molar-refractivity contribution in [2.24, 2.45) is 5.92 Å². The van der Waals surface area contributed by atoms with Crippen LogP contribution >= 0.6 is 12.4 Å². The molecule has 0 unspecified atom stereocenters. The summed E-state index contributed by atoms with van der Waals surface area (Å²) in [6.45, 7) is 2.54. The average molecular weight is 381 g/mol. The number of benzene rings is 1. The van der Waals surface area contributed by atoms with Crippen molar-refractivity contribution >= 4 is 18.3 Å². The van der Waals surface area contributed by atoms with Gasteiger partial charge in [0.15, 0.2) is 0 Å². The molecule has 0 bridgehead atoms. The molecule has 1 heterocycles. The van der Waals surface area contributed by atoms with E-state index in [0.29, 0.717) is 18.8 Å². The number of nitrogens with zero attached hydrogens (tertiary/aromatic N) is 1. The van der Waals surface area contributed by atoms with Gasteiger partial charge in [0, 0.05) is 19.5 Å². The first-order chi connectivity index (χ1) is 11.4. The molecule has 0 aromatic heterocycles. The summed E-state index contributed by atoms with van der Waals surface area (Å²) in [6, 6.07) is 5.67. The zero-order chi connectivity index (χ0) is 17.6. The fourth-order valence-corrected chi connectivity index (χ4v) is 2.94. The molecule has 1 aliphatic heterocycles. The summed E-state index contributed by atoms with van der Waals surface area (Å²) in [5.74, 6) is 0.484. The van der Waals surface area contributed by atoms with Gasteiger partial charge in [-0.3, -0.25) is 4.79 Å². The summed E-state index contributed by atoms with van der Waals surface area (Å²) in [5, 5.41) is 3.16. The fourth-order valence-electron chi connectivity index (χ4n) is 2.94. The van der Waals surface area contributed by atoms with Crippen molar-refractivity contribution in [1.82, 2.24) is 10.2 Å². The van der Waals surface area contributed by atoms with Gasteiger partial charge in [0.2, 0.25) is 5.91 Å². The third-order valence-electron chi connectivity index (χ3n) is 4.24. The van der Waals surface area contributed by atoms with Crippen LogP contribution in [-0.2, 0) is 11.2 Å². The summed E-state index contributed by atoms with van der Waals surface area (Å²) >= 11 is 0. The quantitative estimate of drug-likeness (QED) is 0.822. The van der Waals surface area contributed by atoms with Crippen LogP contribution in [0.25, 0.3) is 0 Å². The van der Waals surface area contributed by atoms with E-state index in [9.17, 15) is 18.0 Å². The molecule has 142 valence electrons. The van der Waals surface area contributed by atoms with E-state index in [1.54, 1.807) is 12.1 Å². The molecule has 1 aliphatic rings. The number of rotatable bonds is 6. The van der Waals surface area contributed by atoms with Crippen LogP contribution in [0.2, 0.25) is 0 Å². The summed E-state index contributed by atoms with van der Waals surface area (Å²) in [4.78, 5) is 14.1. The van der Waals surface area contributed by atoms with Crippen molar-refractivity contribution in [3.05, 3.63) is 29.8 Å². The third kappa shape index (κ3) is 7.52. The van der Waals surface area contributed by atoms with Crippen LogP contribution in [0.1, 0.15) is 24.8 Å². The van der Waals surface area contributed by atoms with Gasteiger partial charge in [0.1, 0.15) is 5.75 Å². The van der Waals surface area contributed by atoms with Crippen molar-refractivity contribution < 1.29 is 22.7 Å². The predicted molar refractivity (Wildman–Crippen MR) is 91.9 cm³/mol. The van der Waals surface area contributed by atoms with Crippen LogP contribution in [0.3, 0.4) is 0 Å². The molecule has 1 aromatic rings. The van der Waals surface area contributed by atoms with Gasteiger partial charge in [0.25, 0.3) is 0 Å². The number of hydrogen-bond donors (Lipinski definition) is 1. The van der Waals surface area contributed by atoms with E-state index >= 15 is 0 Å². The lowest BCUT2D eigenvalue weighted by atomic mass is 9.96.